The van der Waals surface area contributed by atoms with Crippen LogP contribution in [0.25, 0.3) is 11.0 Å². The number of halogens is 1. The molecule has 6 nitrogen and oxygen atoms in total. The second-order valence-corrected chi connectivity index (χ2v) is 7.95. The Hall–Kier alpha value is -2.31. The number of aromatic amines is 1. The number of benzene rings is 1. The van der Waals surface area contributed by atoms with Gasteiger partial charge in [0.25, 0.3) is 0 Å². The SMILES string of the molecule is O[C@@H]1C[C@H]2CN(c3ncnc4cc[nH]c34)C[C@H]2C[C@H]1Oc1cccc(Cl)c1. The average molecular weight is 385 g/mol. The van der Waals surface area contributed by atoms with Gasteiger partial charge in [0.15, 0.2) is 5.82 Å². The Morgan fingerprint density at radius 2 is 2.00 bits per heavy atom. The maximum atomic E-state index is 10.6. The lowest BCUT2D eigenvalue weighted by Gasteiger charge is -2.35. The van der Waals surface area contributed by atoms with Gasteiger partial charge in [0.05, 0.1) is 11.6 Å². The topological polar surface area (TPSA) is 74.3 Å². The van der Waals surface area contributed by atoms with E-state index in [1.165, 1.54) is 0 Å². The molecule has 0 amide bonds. The molecule has 2 N–H and O–H groups in total. The van der Waals surface area contributed by atoms with E-state index in [2.05, 4.69) is 19.9 Å². The fourth-order valence-corrected chi connectivity index (χ4v) is 4.68. The number of aliphatic hydroxyl groups excluding tert-OH is 1. The fraction of sp³-hybridized carbons (Fsp3) is 0.400. The van der Waals surface area contributed by atoms with Crippen molar-refractivity contribution in [3.05, 3.63) is 47.9 Å². The predicted octanol–water partition coefficient (Wildman–Crippen LogP) is 3.27. The van der Waals surface area contributed by atoms with Gasteiger partial charge in [-0.3, -0.25) is 0 Å². The average Bonchev–Trinajstić information content (AvgIpc) is 3.28. The summed E-state index contributed by atoms with van der Waals surface area (Å²) in [6.45, 7) is 1.81. The van der Waals surface area contributed by atoms with Crippen LogP contribution in [0.3, 0.4) is 0 Å². The number of hydrogen-bond donors (Lipinski definition) is 2. The van der Waals surface area contributed by atoms with E-state index < -0.39 is 6.10 Å². The summed E-state index contributed by atoms with van der Waals surface area (Å²) in [5, 5.41) is 11.3. The van der Waals surface area contributed by atoms with E-state index in [4.69, 9.17) is 16.3 Å². The van der Waals surface area contributed by atoms with Crippen LogP contribution in [0, 0.1) is 11.8 Å². The van der Waals surface area contributed by atoms with Crippen LogP contribution in [0.5, 0.6) is 5.75 Å². The molecule has 3 aromatic rings. The van der Waals surface area contributed by atoms with E-state index >= 15 is 0 Å². The summed E-state index contributed by atoms with van der Waals surface area (Å²) in [7, 11) is 0. The third kappa shape index (κ3) is 3.13. The monoisotopic (exact) mass is 384 g/mol. The summed E-state index contributed by atoms with van der Waals surface area (Å²) in [6.07, 6.45) is 4.40. The number of hydrogen-bond acceptors (Lipinski definition) is 5. The summed E-state index contributed by atoms with van der Waals surface area (Å²) in [5.41, 5.74) is 1.90. The molecule has 1 saturated carbocycles. The molecule has 0 unspecified atom stereocenters. The zero-order valence-electron chi connectivity index (χ0n) is 14.8. The molecule has 1 aliphatic carbocycles. The Labute approximate surface area is 162 Å². The van der Waals surface area contributed by atoms with E-state index in [1.54, 1.807) is 12.4 Å². The number of anilines is 1. The van der Waals surface area contributed by atoms with Gasteiger partial charge < -0.3 is 19.7 Å². The summed E-state index contributed by atoms with van der Waals surface area (Å²) in [6, 6.07) is 9.32. The molecule has 1 aromatic carbocycles. The van der Waals surface area contributed by atoms with Gasteiger partial charge in [-0.2, -0.15) is 0 Å². The first-order chi connectivity index (χ1) is 13.2. The lowest BCUT2D eigenvalue weighted by atomic mass is 9.78. The maximum Gasteiger partial charge on any atom is 0.156 e. The molecule has 1 aliphatic heterocycles. The van der Waals surface area contributed by atoms with E-state index in [0.29, 0.717) is 22.6 Å². The van der Waals surface area contributed by atoms with Crippen molar-refractivity contribution in [3.63, 3.8) is 0 Å². The van der Waals surface area contributed by atoms with Crippen molar-refractivity contribution in [1.29, 1.82) is 0 Å². The molecule has 0 bridgehead atoms. The van der Waals surface area contributed by atoms with Crippen molar-refractivity contribution in [3.8, 4) is 5.75 Å². The quantitative estimate of drug-likeness (QED) is 0.725. The standard InChI is InChI=1S/C20H21ClN4O2/c21-14-2-1-3-15(8-14)27-18-7-13-10-25(9-12(13)6-17(18)26)20-19-16(4-5-22-19)23-11-24-20/h1-5,8,11-13,17-18,22,26H,6-7,9-10H2/t12-,13+,17+,18+/m0/s1. The van der Waals surface area contributed by atoms with Crippen molar-refractivity contribution >= 4 is 28.5 Å². The number of aromatic nitrogens is 3. The van der Waals surface area contributed by atoms with Crippen molar-refractivity contribution in [1.82, 2.24) is 15.0 Å². The number of nitrogens with zero attached hydrogens (tertiary/aromatic N) is 3. The van der Waals surface area contributed by atoms with Gasteiger partial charge in [-0.05, 0) is 48.9 Å². The van der Waals surface area contributed by atoms with Gasteiger partial charge in [0, 0.05) is 24.3 Å². The molecular weight excluding hydrogens is 364 g/mol. The molecule has 3 heterocycles. The Morgan fingerprint density at radius 3 is 2.85 bits per heavy atom. The minimum atomic E-state index is -0.471. The molecule has 4 atom stereocenters. The van der Waals surface area contributed by atoms with Gasteiger partial charge in [0.2, 0.25) is 0 Å². The highest BCUT2D eigenvalue weighted by Crippen LogP contribution is 2.40. The lowest BCUT2D eigenvalue weighted by molar-refractivity contribution is -0.0231. The summed E-state index contributed by atoms with van der Waals surface area (Å²) >= 11 is 6.05. The predicted molar refractivity (Wildman–Crippen MR) is 104 cm³/mol. The second kappa shape index (κ2) is 6.69. The number of ether oxygens (including phenoxy) is 1. The van der Waals surface area contributed by atoms with Crippen LogP contribution in [-0.4, -0.2) is 45.4 Å². The van der Waals surface area contributed by atoms with Crippen molar-refractivity contribution < 1.29 is 9.84 Å². The molecule has 140 valence electrons. The normalized spacial score (nSPS) is 27.7. The summed E-state index contributed by atoms with van der Waals surface area (Å²) in [5.74, 6) is 2.57. The highest BCUT2D eigenvalue weighted by atomic mass is 35.5. The number of aliphatic hydroxyl groups is 1. The first-order valence-electron chi connectivity index (χ1n) is 9.30. The highest BCUT2D eigenvalue weighted by molar-refractivity contribution is 6.30. The fourth-order valence-electron chi connectivity index (χ4n) is 4.50. The van der Waals surface area contributed by atoms with Gasteiger partial charge in [-0.25, -0.2) is 9.97 Å². The summed E-state index contributed by atoms with van der Waals surface area (Å²) < 4.78 is 6.07. The molecule has 5 rings (SSSR count). The van der Waals surface area contributed by atoms with Crippen LogP contribution in [-0.2, 0) is 0 Å². The van der Waals surface area contributed by atoms with E-state index in [0.717, 1.165) is 42.8 Å². The third-order valence-corrected chi connectivity index (χ3v) is 6.03. The Bertz CT molecular complexity index is 962. The van der Waals surface area contributed by atoms with Crippen LogP contribution in [0.2, 0.25) is 5.02 Å². The molecule has 1 saturated heterocycles. The number of H-pyrrole nitrogens is 1. The van der Waals surface area contributed by atoms with Gasteiger partial charge in [-0.15, -0.1) is 0 Å². The summed E-state index contributed by atoms with van der Waals surface area (Å²) in [4.78, 5) is 14.4. The number of nitrogens with one attached hydrogen (secondary N) is 1. The Kier molecular flexibility index (Phi) is 4.17. The van der Waals surface area contributed by atoms with Crippen LogP contribution in [0.15, 0.2) is 42.9 Å². The zero-order valence-corrected chi connectivity index (χ0v) is 15.5. The zero-order chi connectivity index (χ0) is 18.4. The molecule has 2 fully saturated rings. The smallest absolute Gasteiger partial charge is 0.156 e. The van der Waals surface area contributed by atoms with Crippen molar-refractivity contribution in [2.75, 3.05) is 18.0 Å². The van der Waals surface area contributed by atoms with Crippen LogP contribution < -0.4 is 9.64 Å². The van der Waals surface area contributed by atoms with E-state index in [1.807, 2.05) is 30.5 Å². The molecule has 7 heteroatoms. The minimum Gasteiger partial charge on any atom is -0.488 e. The first kappa shape index (κ1) is 16.8. The molecule has 27 heavy (non-hydrogen) atoms. The molecule has 0 radical (unpaired) electrons. The Morgan fingerprint density at radius 1 is 1.15 bits per heavy atom. The van der Waals surface area contributed by atoms with Crippen LogP contribution >= 0.6 is 11.6 Å². The second-order valence-electron chi connectivity index (χ2n) is 7.51. The first-order valence-corrected chi connectivity index (χ1v) is 9.68. The van der Waals surface area contributed by atoms with Gasteiger partial charge >= 0.3 is 0 Å². The van der Waals surface area contributed by atoms with Crippen LogP contribution in [0.1, 0.15) is 12.8 Å². The lowest BCUT2D eigenvalue weighted by Crippen LogP contribution is -2.42. The molecule has 2 aromatic heterocycles. The largest absolute Gasteiger partial charge is 0.488 e. The van der Waals surface area contributed by atoms with Crippen LogP contribution in [0.4, 0.5) is 5.82 Å². The third-order valence-electron chi connectivity index (χ3n) is 5.79. The maximum absolute atomic E-state index is 10.6. The molecule has 2 aliphatic rings. The Balaban J connectivity index is 1.33. The highest BCUT2D eigenvalue weighted by Gasteiger charge is 2.43. The van der Waals surface area contributed by atoms with Crippen molar-refractivity contribution in [2.45, 2.75) is 25.0 Å². The number of fused-ring (bicyclic) bond motifs is 2. The van der Waals surface area contributed by atoms with Gasteiger partial charge in [-0.1, -0.05) is 17.7 Å². The molecular formula is C20H21ClN4O2. The van der Waals surface area contributed by atoms with E-state index in [9.17, 15) is 5.11 Å². The van der Waals surface area contributed by atoms with Gasteiger partial charge in [0.1, 0.15) is 23.7 Å². The molecule has 0 spiro atoms. The minimum absolute atomic E-state index is 0.208. The van der Waals surface area contributed by atoms with E-state index in [-0.39, 0.29) is 6.10 Å². The number of rotatable bonds is 3. The van der Waals surface area contributed by atoms with Crippen molar-refractivity contribution in [2.24, 2.45) is 11.8 Å².